The molecular weight excluding hydrogens is 360 g/mol. The van der Waals surface area contributed by atoms with Crippen LogP contribution in [0.15, 0.2) is 22.0 Å². The van der Waals surface area contributed by atoms with E-state index in [1.807, 2.05) is 11.4 Å². The summed E-state index contributed by atoms with van der Waals surface area (Å²) >= 11 is 1.39. The van der Waals surface area contributed by atoms with Gasteiger partial charge >= 0.3 is 5.97 Å². The van der Waals surface area contributed by atoms with Crippen LogP contribution in [-0.2, 0) is 9.53 Å². The zero-order chi connectivity index (χ0) is 18.7. The van der Waals surface area contributed by atoms with Gasteiger partial charge in [-0.25, -0.2) is 4.79 Å². The molecule has 26 heavy (non-hydrogen) atoms. The Morgan fingerprint density at radius 2 is 1.96 bits per heavy atom. The lowest BCUT2D eigenvalue weighted by atomic mass is 10.2. The number of hydrogen-bond donors (Lipinski definition) is 1. The topological polar surface area (TPSA) is 119 Å². The quantitative estimate of drug-likeness (QED) is 0.780. The number of nitrogens with two attached hydrogens (primary N) is 1. The van der Waals surface area contributed by atoms with Crippen LogP contribution in [0.4, 0.5) is 5.88 Å². The lowest BCUT2D eigenvalue weighted by molar-refractivity contribution is -0.136. The number of thiophene rings is 1. The number of aromatic nitrogens is 1. The van der Waals surface area contributed by atoms with Crippen LogP contribution in [0, 0.1) is 6.92 Å². The highest BCUT2D eigenvalue weighted by Gasteiger charge is 2.27. The summed E-state index contributed by atoms with van der Waals surface area (Å²) in [4.78, 5) is 40.4. The standard InChI is InChI=1S/C16H18N4O5S/c1-10-13(14(17)25-18-10)16(23)24-9-12(21)19-4-6-20(7-5-19)15(22)11-3-2-8-26-11/h2-3,8H,4-7,9,17H2,1H3. The summed E-state index contributed by atoms with van der Waals surface area (Å²) in [5, 5.41) is 5.42. The fourth-order valence-electron chi connectivity index (χ4n) is 2.64. The zero-order valence-corrected chi connectivity index (χ0v) is 15.0. The molecule has 0 unspecified atom stereocenters. The van der Waals surface area contributed by atoms with E-state index in [2.05, 4.69) is 5.16 Å². The molecule has 138 valence electrons. The number of piperazine rings is 1. The van der Waals surface area contributed by atoms with Crippen molar-refractivity contribution in [2.45, 2.75) is 6.92 Å². The number of nitrogens with zero attached hydrogens (tertiary/aromatic N) is 3. The predicted molar refractivity (Wildman–Crippen MR) is 92.7 cm³/mol. The Hall–Kier alpha value is -2.88. The van der Waals surface area contributed by atoms with E-state index < -0.39 is 12.6 Å². The third kappa shape index (κ3) is 3.69. The van der Waals surface area contributed by atoms with Crippen LogP contribution < -0.4 is 5.73 Å². The third-order valence-corrected chi connectivity index (χ3v) is 4.93. The Morgan fingerprint density at radius 1 is 1.27 bits per heavy atom. The number of rotatable bonds is 4. The lowest BCUT2D eigenvalue weighted by Crippen LogP contribution is -2.51. The van der Waals surface area contributed by atoms with E-state index >= 15 is 0 Å². The number of carbonyl (C=O) groups is 3. The smallest absolute Gasteiger partial charge is 0.346 e. The van der Waals surface area contributed by atoms with Crippen LogP contribution >= 0.6 is 11.3 Å². The van der Waals surface area contributed by atoms with E-state index in [0.29, 0.717) is 36.8 Å². The van der Waals surface area contributed by atoms with Gasteiger partial charge in [-0.1, -0.05) is 11.2 Å². The Morgan fingerprint density at radius 3 is 2.54 bits per heavy atom. The molecular formula is C16H18N4O5S. The number of nitrogen functional groups attached to an aromatic ring is 1. The highest BCUT2D eigenvalue weighted by molar-refractivity contribution is 7.12. The SMILES string of the molecule is Cc1noc(N)c1C(=O)OCC(=O)N1CCN(C(=O)c2cccs2)CC1. The van der Waals surface area contributed by atoms with Gasteiger partial charge in [-0.05, 0) is 18.4 Å². The van der Waals surface area contributed by atoms with Crippen molar-refractivity contribution < 1.29 is 23.6 Å². The number of anilines is 1. The number of ether oxygens (including phenoxy) is 1. The van der Waals surface area contributed by atoms with E-state index in [4.69, 9.17) is 15.0 Å². The van der Waals surface area contributed by atoms with Gasteiger partial charge in [0.05, 0.1) is 10.6 Å². The van der Waals surface area contributed by atoms with Gasteiger partial charge in [0.25, 0.3) is 11.8 Å². The van der Waals surface area contributed by atoms with Crippen molar-refractivity contribution in [3.8, 4) is 0 Å². The van der Waals surface area contributed by atoms with Crippen molar-refractivity contribution in [1.29, 1.82) is 0 Å². The maximum atomic E-state index is 12.3. The second-order valence-electron chi connectivity index (χ2n) is 5.73. The first-order valence-electron chi connectivity index (χ1n) is 7.96. The molecule has 0 spiro atoms. The van der Waals surface area contributed by atoms with Crippen LogP contribution in [-0.4, -0.2) is 65.5 Å². The summed E-state index contributed by atoms with van der Waals surface area (Å²) in [6, 6.07) is 3.61. The molecule has 9 nitrogen and oxygen atoms in total. The van der Waals surface area contributed by atoms with Crippen LogP contribution in [0.2, 0.25) is 0 Å². The molecule has 1 aliphatic rings. The highest BCUT2D eigenvalue weighted by Crippen LogP contribution is 2.17. The normalized spacial score (nSPS) is 14.3. The molecule has 2 aromatic heterocycles. The Balaban J connectivity index is 1.48. The van der Waals surface area contributed by atoms with E-state index in [-0.39, 0.29) is 23.3 Å². The molecule has 10 heteroatoms. The van der Waals surface area contributed by atoms with Crippen LogP contribution in [0.1, 0.15) is 25.7 Å². The van der Waals surface area contributed by atoms with Gasteiger partial charge in [-0.2, -0.15) is 0 Å². The Kier molecular flexibility index (Phi) is 5.21. The van der Waals surface area contributed by atoms with Crippen LogP contribution in [0.5, 0.6) is 0 Å². The molecule has 2 N–H and O–H groups in total. The first kappa shape index (κ1) is 17.9. The number of aryl methyl sites for hydroxylation is 1. The second-order valence-corrected chi connectivity index (χ2v) is 6.68. The van der Waals surface area contributed by atoms with Crippen LogP contribution in [0.3, 0.4) is 0 Å². The molecule has 1 aliphatic heterocycles. The summed E-state index contributed by atoms with van der Waals surface area (Å²) in [6.45, 7) is 2.82. The van der Waals surface area contributed by atoms with Crippen molar-refractivity contribution in [3.63, 3.8) is 0 Å². The molecule has 3 heterocycles. The fourth-order valence-corrected chi connectivity index (χ4v) is 3.33. The van der Waals surface area contributed by atoms with Crippen LogP contribution in [0.25, 0.3) is 0 Å². The van der Waals surface area contributed by atoms with Crippen molar-refractivity contribution in [3.05, 3.63) is 33.6 Å². The summed E-state index contributed by atoms with van der Waals surface area (Å²) in [6.07, 6.45) is 0. The summed E-state index contributed by atoms with van der Waals surface area (Å²) in [5.74, 6) is -1.24. The minimum Gasteiger partial charge on any atom is -0.452 e. The van der Waals surface area contributed by atoms with Gasteiger partial charge in [0, 0.05) is 26.2 Å². The zero-order valence-electron chi connectivity index (χ0n) is 14.1. The van der Waals surface area contributed by atoms with E-state index in [1.54, 1.807) is 22.8 Å². The number of esters is 1. The number of hydrogen-bond acceptors (Lipinski definition) is 8. The Bertz CT molecular complexity index is 789. The van der Waals surface area contributed by atoms with E-state index in [0.717, 1.165) is 0 Å². The minimum atomic E-state index is -0.749. The molecule has 0 radical (unpaired) electrons. The van der Waals surface area contributed by atoms with Gasteiger partial charge < -0.3 is 24.8 Å². The molecule has 0 atom stereocenters. The van der Waals surface area contributed by atoms with Gasteiger partial charge in [-0.15, -0.1) is 11.3 Å². The summed E-state index contributed by atoms with van der Waals surface area (Å²) < 4.78 is 9.71. The average molecular weight is 378 g/mol. The van der Waals surface area contributed by atoms with Crippen molar-refractivity contribution in [1.82, 2.24) is 15.0 Å². The molecule has 0 aromatic carbocycles. The third-order valence-electron chi connectivity index (χ3n) is 4.07. The van der Waals surface area contributed by atoms with Gasteiger partial charge in [0.2, 0.25) is 5.88 Å². The minimum absolute atomic E-state index is 0.0306. The highest BCUT2D eigenvalue weighted by atomic mass is 32.1. The monoisotopic (exact) mass is 378 g/mol. The molecule has 3 rings (SSSR count). The molecule has 2 amide bonds. The van der Waals surface area contributed by atoms with Gasteiger partial charge in [0.1, 0.15) is 5.56 Å². The maximum Gasteiger partial charge on any atom is 0.346 e. The van der Waals surface area contributed by atoms with Gasteiger partial charge in [-0.3, -0.25) is 9.59 Å². The lowest BCUT2D eigenvalue weighted by Gasteiger charge is -2.34. The number of carbonyl (C=O) groups excluding carboxylic acids is 3. The Labute approximate surface area is 153 Å². The predicted octanol–water partition coefficient (Wildman–Crippen LogP) is 0.768. The van der Waals surface area contributed by atoms with E-state index in [1.165, 1.54) is 11.3 Å². The van der Waals surface area contributed by atoms with Gasteiger partial charge in [0.15, 0.2) is 6.61 Å². The maximum absolute atomic E-state index is 12.3. The first-order valence-corrected chi connectivity index (χ1v) is 8.84. The molecule has 2 aromatic rings. The summed E-state index contributed by atoms with van der Waals surface area (Å²) in [7, 11) is 0. The number of amides is 2. The fraction of sp³-hybridized carbons (Fsp3) is 0.375. The van der Waals surface area contributed by atoms with Crippen molar-refractivity contribution in [2.75, 3.05) is 38.5 Å². The average Bonchev–Trinajstić information content (AvgIpc) is 3.29. The summed E-state index contributed by atoms with van der Waals surface area (Å²) in [5.41, 5.74) is 5.85. The molecule has 0 aliphatic carbocycles. The van der Waals surface area contributed by atoms with Crippen molar-refractivity contribution in [2.24, 2.45) is 0 Å². The second kappa shape index (κ2) is 7.56. The molecule has 0 bridgehead atoms. The molecule has 0 saturated carbocycles. The molecule has 1 fully saturated rings. The first-order chi connectivity index (χ1) is 12.5. The largest absolute Gasteiger partial charge is 0.452 e. The van der Waals surface area contributed by atoms with E-state index in [9.17, 15) is 14.4 Å². The van der Waals surface area contributed by atoms with Crippen molar-refractivity contribution >= 4 is 35.0 Å². The molecule has 1 saturated heterocycles.